The molecule has 2 N–H and O–H groups in total. The van der Waals surface area contributed by atoms with Crippen LogP contribution >= 0.6 is 11.8 Å². The third-order valence-corrected chi connectivity index (χ3v) is 3.30. The number of anilines is 1. The van der Waals surface area contributed by atoms with Crippen LogP contribution in [-0.2, 0) is 0 Å². The summed E-state index contributed by atoms with van der Waals surface area (Å²) in [7, 11) is 0. The SMILES string of the molecule is CSc1ccccc1NCCCCCCO. The highest BCUT2D eigenvalue weighted by Gasteiger charge is 1.98. The first-order chi connectivity index (χ1) is 7.88. The Labute approximate surface area is 102 Å². The molecule has 1 aromatic carbocycles. The molecule has 0 unspecified atom stereocenters. The van der Waals surface area contributed by atoms with Crippen LogP contribution in [0.2, 0.25) is 0 Å². The van der Waals surface area contributed by atoms with Gasteiger partial charge in [-0.05, 0) is 31.2 Å². The summed E-state index contributed by atoms with van der Waals surface area (Å²) in [6.07, 6.45) is 6.52. The Hall–Kier alpha value is -0.670. The maximum absolute atomic E-state index is 8.65. The first kappa shape index (κ1) is 13.4. The molecule has 0 saturated heterocycles. The van der Waals surface area contributed by atoms with Gasteiger partial charge in [-0.1, -0.05) is 25.0 Å². The number of thioether (sulfide) groups is 1. The Morgan fingerprint density at radius 2 is 1.88 bits per heavy atom. The summed E-state index contributed by atoms with van der Waals surface area (Å²) in [5.74, 6) is 0. The van der Waals surface area contributed by atoms with Crippen molar-refractivity contribution in [2.24, 2.45) is 0 Å². The lowest BCUT2D eigenvalue weighted by Gasteiger charge is -2.09. The van der Waals surface area contributed by atoms with Gasteiger partial charge in [0, 0.05) is 23.7 Å². The minimum atomic E-state index is 0.322. The number of benzene rings is 1. The molecular weight excluding hydrogens is 218 g/mol. The maximum atomic E-state index is 8.65. The largest absolute Gasteiger partial charge is 0.396 e. The molecule has 0 aliphatic carbocycles. The first-order valence-electron chi connectivity index (χ1n) is 5.86. The first-order valence-corrected chi connectivity index (χ1v) is 7.08. The molecule has 0 saturated carbocycles. The van der Waals surface area contributed by atoms with Crippen molar-refractivity contribution in [1.29, 1.82) is 0 Å². The number of para-hydroxylation sites is 1. The molecule has 0 aliphatic rings. The van der Waals surface area contributed by atoms with Gasteiger partial charge in [0.05, 0.1) is 0 Å². The van der Waals surface area contributed by atoms with Gasteiger partial charge in [-0.15, -0.1) is 11.8 Å². The molecule has 0 heterocycles. The molecule has 0 bridgehead atoms. The van der Waals surface area contributed by atoms with Gasteiger partial charge in [0.2, 0.25) is 0 Å². The zero-order valence-electron chi connectivity index (χ0n) is 9.91. The Morgan fingerprint density at radius 1 is 1.12 bits per heavy atom. The second-order valence-corrected chi connectivity index (χ2v) is 4.61. The van der Waals surface area contributed by atoms with Crippen molar-refractivity contribution in [3.8, 4) is 0 Å². The van der Waals surface area contributed by atoms with E-state index in [1.165, 1.54) is 23.4 Å². The van der Waals surface area contributed by atoms with E-state index in [4.69, 9.17) is 5.11 Å². The molecule has 0 aromatic heterocycles. The van der Waals surface area contributed by atoms with Crippen LogP contribution in [0.1, 0.15) is 25.7 Å². The van der Waals surface area contributed by atoms with Crippen molar-refractivity contribution in [1.82, 2.24) is 0 Å². The lowest BCUT2D eigenvalue weighted by atomic mass is 10.2. The summed E-state index contributed by atoms with van der Waals surface area (Å²) in [6.45, 7) is 1.34. The van der Waals surface area contributed by atoms with Gasteiger partial charge in [-0.2, -0.15) is 0 Å². The molecule has 0 fully saturated rings. The highest BCUT2D eigenvalue weighted by atomic mass is 32.2. The van der Waals surface area contributed by atoms with Crippen LogP contribution in [0.25, 0.3) is 0 Å². The Balaban J connectivity index is 2.21. The van der Waals surface area contributed by atoms with Gasteiger partial charge < -0.3 is 10.4 Å². The van der Waals surface area contributed by atoms with Crippen LogP contribution < -0.4 is 5.32 Å². The molecule has 1 aromatic rings. The van der Waals surface area contributed by atoms with Crippen molar-refractivity contribution in [3.05, 3.63) is 24.3 Å². The van der Waals surface area contributed by atoms with E-state index in [1.54, 1.807) is 11.8 Å². The Kier molecular flexibility index (Phi) is 7.10. The summed E-state index contributed by atoms with van der Waals surface area (Å²) in [5.41, 5.74) is 1.23. The van der Waals surface area contributed by atoms with Crippen LogP contribution in [0.4, 0.5) is 5.69 Å². The number of hydrogen-bond acceptors (Lipinski definition) is 3. The third-order valence-electron chi connectivity index (χ3n) is 2.51. The fourth-order valence-electron chi connectivity index (χ4n) is 1.60. The Morgan fingerprint density at radius 3 is 2.62 bits per heavy atom. The molecule has 0 aliphatic heterocycles. The molecule has 0 radical (unpaired) electrons. The van der Waals surface area contributed by atoms with Gasteiger partial charge in [-0.25, -0.2) is 0 Å². The van der Waals surface area contributed by atoms with Crippen LogP contribution in [0, 0.1) is 0 Å². The molecule has 0 amide bonds. The zero-order valence-corrected chi connectivity index (χ0v) is 10.7. The molecule has 2 nitrogen and oxygen atoms in total. The predicted octanol–water partition coefficient (Wildman–Crippen LogP) is 3.37. The van der Waals surface area contributed by atoms with Crippen LogP contribution in [0.5, 0.6) is 0 Å². The standard InChI is InChI=1S/C13H21NOS/c1-16-13-9-5-4-8-12(13)14-10-6-2-3-7-11-15/h4-5,8-9,14-15H,2-3,6-7,10-11H2,1H3. The number of aliphatic hydroxyl groups is 1. The molecule has 1 rings (SSSR count). The summed E-state index contributed by atoms with van der Waals surface area (Å²) in [5, 5.41) is 12.1. The average Bonchev–Trinajstić information content (AvgIpc) is 2.34. The molecule has 0 spiro atoms. The van der Waals surface area contributed by atoms with E-state index < -0.39 is 0 Å². The van der Waals surface area contributed by atoms with Crippen molar-refractivity contribution < 1.29 is 5.11 Å². The maximum Gasteiger partial charge on any atom is 0.0478 e. The van der Waals surface area contributed by atoms with E-state index in [9.17, 15) is 0 Å². The second kappa shape index (κ2) is 8.48. The van der Waals surface area contributed by atoms with Crippen molar-refractivity contribution >= 4 is 17.4 Å². The smallest absolute Gasteiger partial charge is 0.0478 e. The number of hydrogen-bond donors (Lipinski definition) is 2. The minimum absolute atomic E-state index is 0.322. The molecule has 90 valence electrons. The van der Waals surface area contributed by atoms with E-state index in [1.807, 2.05) is 0 Å². The molecule has 16 heavy (non-hydrogen) atoms. The number of unbranched alkanes of at least 4 members (excludes halogenated alkanes) is 3. The van der Waals surface area contributed by atoms with Gasteiger partial charge >= 0.3 is 0 Å². The highest BCUT2D eigenvalue weighted by molar-refractivity contribution is 7.98. The topological polar surface area (TPSA) is 32.3 Å². The second-order valence-electron chi connectivity index (χ2n) is 3.76. The average molecular weight is 239 g/mol. The number of aliphatic hydroxyl groups excluding tert-OH is 1. The molecule has 0 atom stereocenters. The zero-order chi connectivity index (χ0) is 11.6. The fraction of sp³-hybridized carbons (Fsp3) is 0.538. The molecule has 3 heteroatoms. The van der Waals surface area contributed by atoms with Gasteiger partial charge in [-0.3, -0.25) is 0 Å². The summed E-state index contributed by atoms with van der Waals surface area (Å²) < 4.78 is 0. The molecular formula is C13H21NOS. The van der Waals surface area contributed by atoms with Gasteiger partial charge in [0.15, 0.2) is 0 Å². The van der Waals surface area contributed by atoms with Crippen molar-refractivity contribution in [2.75, 3.05) is 24.7 Å². The van der Waals surface area contributed by atoms with Crippen molar-refractivity contribution in [3.63, 3.8) is 0 Å². The minimum Gasteiger partial charge on any atom is -0.396 e. The van der Waals surface area contributed by atoms with Crippen LogP contribution in [-0.4, -0.2) is 24.5 Å². The lowest BCUT2D eigenvalue weighted by Crippen LogP contribution is -2.02. The van der Waals surface area contributed by atoms with E-state index in [0.29, 0.717) is 6.61 Å². The summed E-state index contributed by atoms with van der Waals surface area (Å²) in [6, 6.07) is 8.39. The van der Waals surface area contributed by atoms with E-state index >= 15 is 0 Å². The van der Waals surface area contributed by atoms with Gasteiger partial charge in [0.25, 0.3) is 0 Å². The summed E-state index contributed by atoms with van der Waals surface area (Å²) >= 11 is 1.77. The lowest BCUT2D eigenvalue weighted by molar-refractivity contribution is 0.283. The highest BCUT2D eigenvalue weighted by Crippen LogP contribution is 2.24. The number of rotatable bonds is 8. The fourth-order valence-corrected chi connectivity index (χ4v) is 2.18. The monoisotopic (exact) mass is 239 g/mol. The van der Waals surface area contributed by atoms with Crippen LogP contribution in [0.15, 0.2) is 29.2 Å². The third kappa shape index (κ3) is 4.90. The van der Waals surface area contributed by atoms with E-state index in [2.05, 4.69) is 35.8 Å². The predicted molar refractivity (Wildman–Crippen MR) is 72.3 cm³/mol. The quantitative estimate of drug-likeness (QED) is 0.539. The van der Waals surface area contributed by atoms with Crippen molar-refractivity contribution in [2.45, 2.75) is 30.6 Å². The van der Waals surface area contributed by atoms with E-state index in [-0.39, 0.29) is 0 Å². The number of nitrogens with one attached hydrogen (secondary N) is 1. The Bertz CT molecular complexity index is 291. The van der Waals surface area contributed by atoms with Crippen LogP contribution in [0.3, 0.4) is 0 Å². The normalized spacial score (nSPS) is 10.4. The van der Waals surface area contributed by atoms with E-state index in [0.717, 1.165) is 19.4 Å². The van der Waals surface area contributed by atoms with Gasteiger partial charge in [0.1, 0.15) is 0 Å². The summed E-state index contributed by atoms with van der Waals surface area (Å²) in [4.78, 5) is 1.30.